The van der Waals surface area contributed by atoms with Crippen molar-refractivity contribution in [3.05, 3.63) is 12.2 Å². The summed E-state index contributed by atoms with van der Waals surface area (Å²) in [7, 11) is 0. The van der Waals surface area contributed by atoms with Crippen molar-refractivity contribution in [1.29, 1.82) is 0 Å². The minimum atomic E-state index is -0.332. The van der Waals surface area contributed by atoms with Crippen LogP contribution in [0.2, 0.25) is 0 Å². The minimum Gasteiger partial charge on any atom is -0.466 e. The van der Waals surface area contributed by atoms with Gasteiger partial charge in [-0.3, -0.25) is 9.59 Å². The Kier molecular flexibility index (Phi) is 15.1. The van der Waals surface area contributed by atoms with E-state index in [0.717, 1.165) is 25.7 Å². The van der Waals surface area contributed by atoms with Gasteiger partial charge in [-0.15, -0.1) is 0 Å². The van der Waals surface area contributed by atoms with Gasteiger partial charge in [0.15, 0.2) is 0 Å². The third-order valence-corrected chi connectivity index (χ3v) is 3.24. The summed E-state index contributed by atoms with van der Waals surface area (Å²) in [6.45, 7) is 5.08. The molecular formula is C18H32O4. The molecule has 0 spiro atoms. The zero-order chi connectivity index (χ0) is 16.5. The fourth-order valence-corrected chi connectivity index (χ4v) is 1.94. The highest BCUT2D eigenvalue weighted by atomic mass is 16.5. The number of ether oxygens (including phenoxy) is 2. The van der Waals surface area contributed by atoms with E-state index in [4.69, 9.17) is 9.47 Å². The summed E-state index contributed by atoms with van der Waals surface area (Å²) < 4.78 is 10.1. The van der Waals surface area contributed by atoms with Crippen LogP contribution in [-0.4, -0.2) is 25.2 Å². The number of hydrogen-bond donors (Lipinski definition) is 0. The average molecular weight is 312 g/mol. The summed E-state index contributed by atoms with van der Waals surface area (Å²) in [5.41, 5.74) is 0. The van der Waals surface area contributed by atoms with Gasteiger partial charge in [0, 0.05) is 0 Å². The highest BCUT2D eigenvalue weighted by Crippen LogP contribution is 2.05. The van der Waals surface area contributed by atoms with Gasteiger partial charge >= 0.3 is 11.9 Å². The van der Waals surface area contributed by atoms with Crippen molar-refractivity contribution in [3.63, 3.8) is 0 Å². The van der Waals surface area contributed by atoms with Crippen LogP contribution < -0.4 is 0 Å². The lowest BCUT2D eigenvalue weighted by molar-refractivity contribution is -0.150. The summed E-state index contributed by atoms with van der Waals surface area (Å²) >= 11 is 0. The van der Waals surface area contributed by atoms with Crippen molar-refractivity contribution in [1.82, 2.24) is 0 Å². The van der Waals surface area contributed by atoms with Crippen molar-refractivity contribution in [2.45, 2.75) is 78.1 Å². The molecule has 0 saturated carbocycles. The molecule has 22 heavy (non-hydrogen) atoms. The third kappa shape index (κ3) is 15.1. The largest absolute Gasteiger partial charge is 0.466 e. The van der Waals surface area contributed by atoms with Crippen LogP contribution in [-0.2, 0) is 19.1 Å². The van der Waals surface area contributed by atoms with Crippen molar-refractivity contribution in [2.24, 2.45) is 0 Å². The van der Waals surface area contributed by atoms with E-state index < -0.39 is 0 Å². The van der Waals surface area contributed by atoms with Crippen molar-refractivity contribution in [3.8, 4) is 0 Å². The molecule has 0 radical (unpaired) electrons. The quantitative estimate of drug-likeness (QED) is 0.268. The molecule has 0 atom stereocenters. The smallest absolute Gasteiger partial charge is 0.306 e. The van der Waals surface area contributed by atoms with Crippen molar-refractivity contribution in [2.75, 3.05) is 13.2 Å². The van der Waals surface area contributed by atoms with Crippen LogP contribution in [0.15, 0.2) is 12.2 Å². The van der Waals surface area contributed by atoms with E-state index in [1.165, 1.54) is 25.7 Å². The van der Waals surface area contributed by atoms with Crippen LogP contribution in [0.5, 0.6) is 0 Å². The number of unbranched alkanes of at least 4 members (excludes halogenated alkanes) is 5. The molecule has 0 unspecified atom stereocenters. The Balaban J connectivity index is 3.40. The molecule has 0 fully saturated rings. The molecule has 0 aromatic carbocycles. The van der Waals surface area contributed by atoms with Gasteiger partial charge in [-0.25, -0.2) is 0 Å². The standard InChI is InChI=1S/C18H32O4/c1-3-5-7-9-10-12-16-22-18(20)14-13-17(19)21-15-11-8-6-4-2/h6,8H,3-5,7,9-16H2,1-2H3/b8-6+. The Bertz CT molecular complexity index is 310. The zero-order valence-electron chi connectivity index (χ0n) is 14.3. The van der Waals surface area contributed by atoms with E-state index in [-0.39, 0.29) is 24.8 Å². The molecule has 128 valence electrons. The Morgan fingerprint density at radius 1 is 0.773 bits per heavy atom. The maximum absolute atomic E-state index is 11.5. The molecule has 0 heterocycles. The molecule has 0 N–H and O–H groups in total. The highest BCUT2D eigenvalue weighted by molar-refractivity contribution is 5.77. The molecule has 0 bridgehead atoms. The van der Waals surface area contributed by atoms with E-state index in [9.17, 15) is 9.59 Å². The van der Waals surface area contributed by atoms with Gasteiger partial charge in [0.2, 0.25) is 0 Å². The minimum absolute atomic E-state index is 0.104. The maximum Gasteiger partial charge on any atom is 0.306 e. The fourth-order valence-electron chi connectivity index (χ4n) is 1.94. The van der Waals surface area contributed by atoms with Crippen LogP contribution >= 0.6 is 0 Å². The van der Waals surface area contributed by atoms with Gasteiger partial charge in [0.25, 0.3) is 0 Å². The molecule has 0 aliphatic carbocycles. The first kappa shape index (κ1) is 20.7. The molecule has 4 heteroatoms. The molecule has 0 amide bonds. The first-order valence-corrected chi connectivity index (χ1v) is 8.66. The normalized spacial score (nSPS) is 10.8. The number of esters is 2. The molecule has 0 aromatic rings. The predicted octanol–water partition coefficient (Wildman–Crippen LogP) is 4.57. The van der Waals surface area contributed by atoms with Gasteiger partial charge in [-0.2, -0.15) is 0 Å². The van der Waals surface area contributed by atoms with E-state index in [1.54, 1.807) is 0 Å². The van der Waals surface area contributed by atoms with E-state index >= 15 is 0 Å². The number of carbonyl (C=O) groups is 2. The van der Waals surface area contributed by atoms with Crippen LogP contribution in [0.25, 0.3) is 0 Å². The summed E-state index contributed by atoms with van der Waals surface area (Å²) in [6.07, 6.45) is 12.9. The van der Waals surface area contributed by atoms with Gasteiger partial charge < -0.3 is 9.47 Å². The molecule has 0 rings (SSSR count). The second kappa shape index (κ2) is 16.1. The van der Waals surface area contributed by atoms with Crippen molar-refractivity contribution >= 4 is 11.9 Å². The Morgan fingerprint density at radius 3 is 2.00 bits per heavy atom. The Hall–Kier alpha value is -1.32. The van der Waals surface area contributed by atoms with Crippen LogP contribution in [0.4, 0.5) is 0 Å². The van der Waals surface area contributed by atoms with Gasteiger partial charge in [-0.1, -0.05) is 58.1 Å². The monoisotopic (exact) mass is 312 g/mol. The zero-order valence-corrected chi connectivity index (χ0v) is 14.3. The van der Waals surface area contributed by atoms with Crippen LogP contribution in [0, 0.1) is 0 Å². The number of rotatable bonds is 14. The molecule has 0 aliphatic rings. The second-order valence-electron chi connectivity index (χ2n) is 5.38. The molecule has 0 saturated heterocycles. The van der Waals surface area contributed by atoms with Crippen LogP contribution in [0.1, 0.15) is 78.1 Å². The fraction of sp³-hybridized carbons (Fsp3) is 0.778. The van der Waals surface area contributed by atoms with E-state index in [1.807, 2.05) is 12.2 Å². The Labute approximate surface area is 135 Å². The Morgan fingerprint density at radius 2 is 1.36 bits per heavy atom. The first-order valence-electron chi connectivity index (χ1n) is 8.66. The SMILES string of the molecule is CC/C=C/CCOC(=O)CCC(=O)OCCCCCCCC. The molecule has 0 aliphatic heterocycles. The first-order chi connectivity index (χ1) is 10.7. The lowest BCUT2D eigenvalue weighted by Crippen LogP contribution is -2.11. The second-order valence-corrected chi connectivity index (χ2v) is 5.38. The highest BCUT2D eigenvalue weighted by Gasteiger charge is 2.08. The topological polar surface area (TPSA) is 52.6 Å². The third-order valence-electron chi connectivity index (χ3n) is 3.24. The summed E-state index contributed by atoms with van der Waals surface area (Å²) in [6, 6.07) is 0. The van der Waals surface area contributed by atoms with E-state index in [2.05, 4.69) is 13.8 Å². The summed E-state index contributed by atoms with van der Waals surface area (Å²) in [4.78, 5) is 22.9. The molecule has 4 nitrogen and oxygen atoms in total. The lowest BCUT2D eigenvalue weighted by Gasteiger charge is -2.05. The molecular weight excluding hydrogens is 280 g/mol. The summed E-state index contributed by atoms with van der Waals surface area (Å²) in [5.74, 6) is -0.641. The predicted molar refractivity (Wildman–Crippen MR) is 88.6 cm³/mol. The lowest BCUT2D eigenvalue weighted by atomic mass is 10.1. The van der Waals surface area contributed by atoms with Crippen molar-refractivity contribution < 1.29 is 19.1 Å². The average Bonchev–Trinajstić information content (AvgIpc) is 2.52. The maximum atomic E-state index is 11.5. The molecule has 0 aromatic heterocycles. The summed E-state index contributed by atoms with van der Waals surface area (Å²) in [5, 5.41) is 0. The number of carbonyl (C=O) groups excluding carboxylic acids is 2. The van der Waals surface area contributed by atoms with Gasteiger partial charge in [0.05, 0.1) is 26.1 Å². The van der Waals surface area contributed by atoms with Gasteiger partial charge in [-0.05, 0) is 19.3 Å². The van der Waals surface area contributed by atoms with Gasteiger partial charge in [0.1, 0.15) is 0 Å². The van der Waals surface area contributed by atoms with E-state index in [0.29, 0.717) is 13.2 Å². The number of hydrogen-bond acceptors (Lipinski definition) is 4. The van der Waals surface area contributed by atoms with Crippen LogP contribution in [0.3, 0.4) is 0 Å². The number of allylic oxidation sites excluding steroid dienone is 1.